The van der Waals surface area contributed by atoms with E-state index in [-0.39, 0.29) is 16.5 Å². The summed E-state index contributed by atoms with van der Waals surface area (Å²) < 4.78 is 104. The monoisotopic (exact) mass is 533 g/mol. The third-order valence-corrected chi connectivity index (χ3v) is 7.04. The Kier molecular flexibility index (Phi) is 6.29. The lowest BCUT2D eigenvalue weighted by atomic mass is 10.1. The highest BCUT2D eigenvalue weighted by atomic mass is 32.2. The minimum Gasteiger partial charge on any atom is -0.505 e. The standard InChI is InChI=1S/C17H15N3O11S3/c1-31-12-7-13(32(22,23)24)11(6-14(12)33(25,26)27)19-20-16-15(34(28,29)30)5-8-4-9(18)2-3-10(8)17(16)21/h2-7,21H,18H2,1H3,(H,22,23,24)(H,25,26,27)(H,28,29,30). The van der Waals surface area contributed by atoms with E-state index in [1.807, 2.05) is 0 Å². The Balaban J connectivity index is 2.38. The molecule has 3 rings (SSSR count). The fraction of sp³-hybridized carbons (Fsp3) is 0.0588. The van der Waals surface area contributed by atoms with Crippen molar-refractivity contribution in [2.75, 3.05) is 12.8 Å². The van der Waals surface area contributed by atoms with Crippen LogP contribution in [0.3, 0.4) is 0 Å². The van der Waals surface area contributed by atoms with Crippen LogP contribution >= 0.6 is 0 Å². The minimum atomic E-state index is -5.08. The van der Waals surface area contributed by atoms with Crippen molar-refractivity contribution in [1.82, 2.24) is 0 Å². The van der Waals surface area contributed by atoms with E-state index in [4.69, 9.17) is 10.5 Å². The summed E-state index contributed by atoms with van der Waals surface area (Å²) in [5.41, 5.74) is 4.12. The van der Waals surface area contributed by atoms with Crippen molar-refractivity contribution in [3.05, 3.63) is 36.4 Å². The third kappa shape index (κ3) is 4.93. The number of rotatable bonds is 6. The van der Waals surface area contributed by atoms with Gasteiger partial charge in [-0.05, 0) is 35.7 Å². The van der Waals surface area contributed by atoms with E-state index in [9.17, 15) is 44.0 Å². The maximum atomic E-state index is 11.9. The zero-order valence-electron chi connectivity index (χ0n) is 16.8. The van der Waals surface area contributed by atoms with Gasteiger partial charge >= 0.3 is 0 Å². The number of ether oxygens (including phenoxy) is 1. The van der Waals surface area contributed by atoms with Crippen LogP contribution in [0.25, 0.3) is 10.8 Å². The summed E-state index contributed by atoms with van der Waals surface area (Å²) in [4.78, 5) is -2.92. The van der Waals surface area contributed by atoms with Crippen molar-refractivity contribution in [1.29, 1.82) is 0 Å². The van der Waals surface area contributed by atoms with E-state index >= 15 is 0 Å². The van der Waals surface area contributed by atoms with Crippen LogP contribution in [0.2, 0.25) is 0 Å². The maximum absolute atomic E-state index is 11.9. The molecule has 3 aromatic carbocycles. The number of anilines is 1. The van der Waals surface area contributed by atoms with Crippen molar-refractivity contribution >= 4 is 58.2 Å². The predicted octanol–water partition coefficient (Wildman–Crippen LogP) is 2.29. The highest BCUT2D eigenvalue weighted by molar-refractivity contribution is 7.86. The van der Waals surface area contributed by atoms with Gasteiger partial charge in [0.05, 0.1) is 7.11 Å². The van der Waals surface area contributed by atoms with Crippen molar-refractivity contribution < 1.29 is 48.8 Å². The Bertz CT molecular complexity index is 1680. The molecule has 0 saturated heterocycles. The summed E-state index contributed by atoms with van der Waals surface area (Å²) in [7, 11) is -14.1. The number of hydrogen-bond donors (Lipinski definition) is 5. The van der Waals surface area contributed by atoms with Crippen LogP contribution in [0.1, 0.15) is 0 Å². The average Bonchev–Trinajstić information content (AvgIpc) is 2.70. The number of benzene rings is 3. The fourth-order valence-corrected chi connectivity index (χ4v) is 4.88. The molecule has 14 nitrogen and oxygen atoms in total. The Morgan fingerprint density at radius 1 is 0.794 bits per heavy atom. The number of methoxy groups -OCH3 is 1. The summed E-state index contributed by atoms with van der Waals surface area (Å²) >= 11 is 0. The molecule has 0 bridgehead atoms. The molecule has 0 atom stereocenters. The molecule has 0 fully saturated rings. The second kappa shape index (κ2) is 8.46. The highest BCUT2D eigenvalue weighted by Gasteiger charge is 2.26. The first-order valence-corrected chi connectivity index (χ1v) is 13.0. The normalized spacial score (nSPS) is 12.9. The summed E-state index contributed by atoms with van der Waals surface area (Å²) in [5, 5.41) is 17.6. The van der Waals surface area contributed by atoms with Gasteiger partial charge in [0.1, 0.15) is 31.8 Å². The molecule has 0 aliphatic rings. The zero-order valence-corrected chi connectivity index (χ0v) is 19.3. The van der Waals surface area contributed by atoms with Crippen molar-refractivity contribution in [3.8, 4) is 11.5 Å². The van der Waals surface area contributed by atoms with Crippen molar-refractivity contribution in [3.63, 3.8) is 0 Å². The summed E-state index contributed by atoms with van der Waals surface area (Å²) in [6, 6.07) is 5.89. The number of nitrogens with zero attached hydrogens (tertiary/aromatic N) is 2. The molecule has 0 aliphatic heterocycles. The molecule has 17 heteroatoms. The molecule has 0 heterocycles. The Labute approximate surface area is 192 Å². The quantitative estimate of drug-likeness (QED) is 0.174. The average molecular weight is 534 g/mol. The first kappa shape index (κ1) is 25.3. The fourth-order valence-electron chi connectivity index (χ4n) is 2.94. The molecule has 6 N–H and O–H groups in total. The van der Waals surface area contributed by atoms with E-state index in [1.54, 1.807) is 0 Å². The predicted molar refractivity (Wildman–Crippen MR) is 117 cm³/mol. The van der Waals surface area contributed by atoms with Gasteiger partial charge in [-0.15, -0.1) is 10.2 Å². The summed E-state index contributed by atoms with van der Waals surface area (Å²) in [5.74, 6) is -1.47. The molecule has 0 unspecified atom stereocenters. The molecule has 0 aliphatic carbocycles. The minimum absolute atomic E-state index is 0.0268. The second-order valence-corrected chi connectivity index (χ2v) is 10.8. The number of azo groups is 1. The number of aromatic hydroxyl groups is 1. The van der Waals surface area contributed by atoms with Gasteiger partial charge in [0.15, 0.2) is 5.75 Å². The third-order valence-electron chi connectivity index (χ3n) is 4.41. The molecule has 34 heavy (non-hydrogen) atoms. The van der Waals surface area contributed by atoms with Gasteiger partial charge in [0.25, 0.3) is 30.4 Å². The Morgan fingerprint density at radius 3 is 1.91 bits per heavy atom. The van der Waals surface area contributed by atoms with Gasteiger partial charge < -0.3 is 15.6 Å². The smallest absolute Gasteiger partial charge is 0.298 e. The molecule has 0 saturated carbocycles. The van der Waals surface area contributed by atoms with Crippen molar-refractivity contribution in [2.24, 2.45) is 10.2 Å². The zero-order chi connectivity index (χ0) is 25.6. The Morgan fingerprint density at radius 2 is 1.38 bits per heavy atom. The first-order valence-electron chi connectivity index (χ1n) is 8.65. The van der Waals surface area contributed by atoms with E-state index in [0.717, 1.165) is 13.2 Å². The van der Waals surface area contributed by atoms with Gasteiger partial charge in [0, 0.05) is 17.1 Å². The molecule has 0 amide bonds. The number of nitrogens with two attached hydrogens (primary N) is 1. The lowest BCUT2D eigenvalue weighted by Gasteiger charge is -2.11. The van der Waals surface area contributed by atoms with Gasteiger partial charge in [-0.1, -0.05) is 0 Å². The molecule has 3 aromatic rings. The van der Waals surface area contributed by atoms with E-state index in [2.05, 4.69) is 10.2 Å². The van der Waals surface area contributed by atoms with Gasteiger partial charge in [-0.25, -0.2) is 0 Å². The second-order valence-electron chi connectivity index (χ2n) is 6.65. The lowest BCUT2D eigenvalue weighted by molar-refractivity contribution is 0.395. The van der Waals surface area contributed by atoms with Gasteiger partial charge in [-0.3, -0.25) is 13.7 Å². The van der Waals surface area contributed by atoms with Gasteiger partial charge in [0.2, 0.25) is 0 Å². The van der Waals surface area contributed by atoms with E-state index in [1.165, 1.54) is 18.2 Å². The van der Waals surface area contributed by atoms with Crippen LogP contribution in [-0.4, -0.2) is 51.1 Å². The van der Waals surface area contributed by atoms with E-state index < -0.39 is 67.9 Å². The molecule has 0 spiro atoms. The number of nitrogen functional groups attached to an aromatic ring is 1. The van der Waals surface area contributed by atoms with Crippen LogP contribution in [0.15, 0.2) is 61.3 Å². The molecule has 182 valence electrons. The molecular weight excluding hydrogens is 518 g/mol. The van der Waals surface area contributed by atoms with Crippen LogP contribution in [-0.2, 0) is 30.4 Å². The highest BCUT2D eigenvalue weighted by Crippen LogP contribution is 2.43. The molecule has 0 aromatic heterocycles. The van der Waals surface area contributed by atoms with Crippen LogP contribution < -0.4 is 10.5 Å². The van der Waals surface area contributed by atoms with Crippen LogP contribution in [0.4, 0.5) is 17.1 Å². The van der Waals surface area contributed by atoms with Crippen LogP contribution in [0, 0.1) is 0 Å². The number of fused-ring (bicyclic) bond motifs is 1. The summed E-state index contributed by atoms with van der Waals surface area (Å²) in [6.45, 7) is 0. The Hall–Kier alpha value is -3.35. The largest absolute Gasteiger partial charge is 0.505 e. The number of phenolic OH excluding ortho intramolecular Hbond substituents is 1. The maximum Gasteiger partial charge on any atom is 0.298 e. The number of phenols is 1. The van der Waals surface area contributed by atoms with Crippen LogP contribution in [0.5, 0.6) is 11.5 Å². The van der Waals surface area contributed by atoms with Crippen molar-refractivity contribution in [2.45, 2.75) is 14.7 Å². The summed E-state index contributed by atoms with van der Waals surface area (Å²) in [6.07, 6.45) is 0. The topological polar surface area (TPSA) is 243 Å². The SMILES string of the molecule is COc1cc(S(=O)(=O)O)c(N=Nc2c(S(=O)(=O)O)cc3cc(N)ccc3c2O)cc1S(=O)(=O)O. The molecule has 0 radical (unpaired) electrons. The molecular formula is C17H15N3O11S3. The van der Waals surface area contributed by atoms with Gasteiger partial charge in [-0.2, -0.15) is 25.3 Å². The lowest BCUT2D eigenvalue weighted by Crippen LogP contribution is -2.05. The number of hydrogen-bond acceptors (Lipinski definition) is 11. The van der Waals surface area contributed by atoms with E-state index in [0.29, 0.717) is 12.1 Å². The first-order chi connectivity index (χ1) is 15.5.